The van der Waals surface area contributed by atoms with Crippen molar-refractivity contribution in [1.82, 2.24) is 4.57 Å². The molecule has 0 aliphatic heterocycles. The van der Waals surface area contributed by atoms with Crippen molar-refractivity contribution < 1.29 is 0 Å². The fourth-order valence-corrected chi connectivity index (χ4v) is 2.64. The summed E-state index contributed by atoms with van der Waals surface area (Å²) in [6.07, 6.45) is 2.10. The number of aromatic nitrogens is 1. The second kappa shape index (κ2) is 4.50. The molecule has 2 N–H and O–H groups in total. The highest BCUT2D eigenvalue weighted by atomic mass is 79.9. The van der Waals surface area contributed by atoms with Crippen molar-refractivity contribution in [2.45, 2.75) is 6.54 Å². The van der Waals surface area contributed by atoms with Crippen LogP contribution in [0.25, 0.3) is 10.9 Å². The minimum atomic E-state index is 0.808. The number of benzene rings is 2. The number of fused-ring (bicyclic) bond motifs is 1. The minimum absolute atomic E-state index is 0.808. The van der Waals surface area contributed by atoms with Crippen molar-refractivity contribution >= 4 is 32.5 Å². The van der Waals surface area contributed by atoms with Gasteiger partial charge in [0.05, 0.1) is 0 Å². The Morgan fingerprint density at radius 1 is 1.06 bits per heavy atom. The van der Waals surface area contributed by atoms with Crippen LogP contribution < -0.4 is 5.73 Å². The third kappa shape index (κ3) is 2.14. The number of nitrogens with two attached hydrogens (primary N) is 1. The zero-order valence-corrected chi connectivity index (χ0v) is 11.4. The molecule has 1 heterocycles. The van der Waals surface area contributed by atoms with Gasteiger partial charge in [0.2, 0.25) is 0 Å². The molecule has 0 saturated heterocycles. The molecule has 2 nitrogen and oxygen atoms in total. The average Bonchev–Trinajstić information content (AvgIpc) is 2.72. The first-order chi connectivity index (χ1) is 8.72. The Kier molecular flexibility index (Phi) is 2.84. The van der Waals surface area contributed by atoms with Crippen LogP contribution in [0.3, 0.4) is 0 Å². The van der Waals surface area contributed by atoms with E-state index in [0.29, 0.717) is 0 Å². The fraction of sp³-hybridized carbons (Fsp3) is 0.0667. The first kappa shape index (κ1) is 11.4. The number of nitrogen functional groups attached to an aromatic ring is 1. The van der Waals surface area contributed by atoms with Gasteiger partial charge in [0.25, 0.3) is 0 Å². The molecule has 3 heteroatoms. The van der Waals surface area contributed by atoms with E-state index in [1.54, 1.807) is 0 Å². The number of nitrogens with zero attached hydrogens (tertiary/aromatic N) is 1. The Labute approximate surface area is 114 Å². The molecular formula is C15H13BrN2. The largest absolute Gasteiger partial charge is 0.399 e. The van der Waals surface area contributed by atoms with Gasteiger partial charge in [-0.1, -0.05) is 28.1 Å². The highest BCUT2D eigenvalue weighted by molar-refractivity contribution is 9.10. The Hall–Kier alpha value is -1.74. The van der Waals surface area contributed by atoms with E-state index >= 15 is 0 Å². The van der Waals surface area contributed by atoms with Crippen molar-refractivity contribution in [1.29, 1.82) is 0 Å². The van der Waals surface area contributed by atoms with Crippen LogP contribution in [-0.2, 0) is 6.54 Å². The maximum atomic E-state index is 5.79. The molecule has 0 radical (unpaired) electrons. The Morgan fingerprint density at radius 2 is 1.94 bits per heavy atom. The molecule has 3 aromatic rings. The lowest BCUT2D eigenvalue weighted by atomic mass is 10.2. The molecule has 0 fully saturated rings. The lowest BCUT2D eigenvalue weighted by Crippen LogP contribution is -1.97. The minimum Gasteiger partial charge on any atom is -0.399 e. The van der Waals surface area contributed by atoms with Gasteiger partial charge in [0.15, 0.2) is 0 Å². The molecule has 0 spiro atoms. The molecule has 1 aromatic heterocycles. The lowest BCUT2D eigenvalue weighted by Gasteiger charge is -2.06. The monoisotopic (exact) mass is 300 g/mol. The van der Waals surface area contributed by atoms with Crippen molar-refractivity contribution in [3.63, 3.8) is 0 Å². The van der Waals surface area contributed by atoms with Crippen LogP contribution in [0.15, 0.2) is 59.2 Å². The summed E-state index contributed by atoms with van der Waals surface area (Å²) in [5.41, 5.74) is 9.09. The van der Waals surface area contributed by atoms with E-state index in [0.717, 1.165) is 16.7 Å². The SMILES string of the molecule is Nc1ccc2c(ccn2Cc2cccc(Br)c2)c1. The van der Waals surface area contributed by atoms with Gasteiger partial charge in [-0.15, -0.1) is 0 Å². The molecule has 3 rings (SSSR count). The average molecular weight is 301 g/mol. The smallest absolute Gasteiger partial charge is 0.0484 e. The van der Waals surface area contributed by atoms with Gasteiger partial charge in [0, 0.05) is 33.8 Å². The van der Waals surface area contributed by atoms with Gasteiger partial charge in [-0.05, 0) is 42.0 Å². The quantitative estimate of drug-likeness (QED) is 0.712. The standard InChI is InChI=1S/C15H13BrN2/c16-13-3-1-2-11(8-13)10-18-7-6-12-9-14(17)4-5-15(12)18/h1-9H,10,17H2. The zero-order chi connectivity index (χ0) is 12.5. The summed E-state index contributed by atoms with van der Waals surface area (Å²) in [6, 6.07) is 16.5. The number of hydrogen-bond donors (Lipinski definition) is 1. The summed E-state index contributed by atoms with van der Waals surface area (Å²) in [5.74, 6) is 0. The number of rotatable bonds is 2. The first-order valence-corrected chi connectivity index (χ1v) is 6.60. The normalized spacial score (nSPS) is 10.9. The van der Waals surface area contributed by atoms with E-state index in [2.05, 4.69) is 57.0 Å². The van der Waals surface area contributed by atoms with Gasteiger partial charge in [0.1, 0.15) is 0 Å². The predicted octanol–water partition coefficient (Wildman–Crippen LogP) is 4.03. The molecule has 2 aromatic carbocycles. The third-order valence-electron chi connectivity index (χ3n) is 3.04. The maximum absolute atomic E-state index is 5.79. The van der Waals surface area contributed by atoms with Crippen molar-refractivity contribution in [3.05, 3.63) is 64.8 Å². The van der Waals surface area contributed by atoms with Crippen LogP contribution >= 0.6 is 15.9 Å². The summed E-state index contributed by atoms with van der Waals surface area (Å²) >= 11 is 3.50. The van der Waals surface area contributed by atoms with Crippen molar-refractivity contribution in [2.24, 2.45) is 0 Å². The summed E-state index contributed by atoms with van der Waals surface area (Å²) < 4.78 is 3.34. The summed E-state index contributed by atoms with van der Waals surface area (Å²) in [7, 11) is 0. The predicted molar refractivity (Wildman–Crippen MR) is 79.6 cm³/mol. The van der Waals surface area contributed by atoms with Gasteiger partial charge < -0.3 is 10.3 Å². The van der Waals surface area contributed by atoms with Gasteiger partial charge in [-0.3, -0.25) is 0 Å². The Balaban J connectivity index is 2.00. The van der Waals surface area contributed by atoms with E-state index < -0.39 is 0 Å². The molecule has 0 atom stereocenters. The fourth-order valence-electron chi connectivity index (χ4n) is 2.19. The second-order valence-corrected chi connectivity index (χ2v) is 5.31. The molecule has 0 amide bonds. The number of anilines is 1. The number of halogens is 1. The molecule has 18 heavy (non-hydrogen) atoms. The van der Waals surface area contributed by atoms with E-state index in [1.807, 2.05) is 18.2 Å². The van der Waals surface area contributed by atoms with Gasteiger partial charge in [-0.2, -0.15) is 0 Å². The second-order valence-electron chi connectivity index (χ2n) is 4.39. The molecule has 0 aliphatic carbocycles. The van der Waals surface area contributed by atoms with Crippen LogP contribution in [0.2, 0.25) is 0 Å². The third-order valence-corrected chi connectivity index (χ3v) is 3.53. The highest BCUT2D eigenvalue weighted by Gasteiger charge is 2.02. The first-order valence-electron chi connectivity index (χ1n) is 5.81. The lowest BCUT2D eigenvalue weighted by molar-refractivity contribution is 0.836. The van der Waals surface area contributed by atoms with Crippen LogP contribution in [0.4, 0.5) is 5.69 Å². The Bertz CT molecular complexity index is 701. The molecule has 0 saturated carbocycles. The van der Waals surface area contributed by atoms with Crippen molar-refractivity contribution in [3.8, 4) is 0 Å². The molecule has 0 bridgehead atoms. The summed E-state index contributed by atoms with van der Waals surface area (Å²) in [4.78, 5) is 0. The van der Waals surface area contributed by atoms with E-state index in [4.69, 9.17) is 5.73 Å². The summed E-state index contributed by atoms with van der Waals surface area (Å²) in [5, 5.41) is 1.19. The van der Waals surface area contributed by atoms with E-state index in [-0.39, 0.29) is 0 Å². The Morgan fingerprint density at radius 3 is 2.78 bits per heavy atom. The van der Waals surface area contributed by atoms with Crippen LogP contribution in [-0.4, -0.2) is 4.57 Å². The van der Waals surface area contributed by atoms with Crippen LogP contribution in [0, 0.1) is 0 Å². The maximum Gasteiger partial charge on any atom is 0.0484 e. The summed E-state index contributed by atoms with van der Waals surface area (Å²) in [6.45, 7) is 0.868. The molecular weight excluding hydrogens is 288 g/mol. The van der Waals surface area contributed by atoms with E-state index in [9.17, 15) is 0 Å². The zero-order valence-electron chi connectivity index (χ0n) is 9.81. The highest BCUT2D eigenvalue weighted by Crippen LogP contribution is 2.20. The van der Waals surface area contributed by atoms with Crippen LogP contribution in [0.1, 0.15) is 5.56 Å². The molecule has 0 unspecified atom stereocenters. The van der Waals surface area contributed by atoms with E-state index in [1.165, 1.54) is 16.5 Å². The van der Waals surface area contributed by atoms with Gasteiger partial charge >= 0.3 is 0 Å². The molecule has 90 valence electrons. The molecule has 0 aliphatic rings. The van der Waals surface area contributed by atoms with Gasteiger partial charge in [-0.25, -0.2) is 0 Å². The van der Waals surface area contributed by atoms with Crippen molar-refractivity contribution in [2.75, 3.05) is 5.73 Å². The van der Waals surface area contributed by atoms with Crippen LogP contribution in [0.5, 0.6) is 0 Å². The number of hydrogen-bond acceptors (Lipinski definition) is 1. The topological polar surface area (TPSA) is 30.9 Å².